The molecule has 3 nitrogen and oxygen atoms in total. The topological polar surface area (TPSA) is 30.2 Å². The lowest BCUT2D eigenvalue weighted by molar-refractivity contribution is -0.686. The molecule has 20 heavy (non-hydrogen) atoms. The Hall–Kier alpha value is -1.68. The molecule has 1 aromatic carbocycles. The van der Waals surface area contributed by atoms with E-state index in [1.165, 1.54) is 11.1 Å². The maximum absolute atomic E-state index is 11.3. The zero-order valence-electron chi connectivity index (χ0n) is 11.5. The van der Waals surface area contributed by atoms with Gasteiger partial charge in [-0.1, -0.05) is 30.3 Å². The molecule has 0 atom stereocenters. The standard InChI is InChI=1S/C16H18NO2.BrH/c1-2-19-16(18)13-17-10-8-15(9-11-17)12-14-6-4-3-5-7-14;/h3-11H,2,12-13H2,1H3;1H/q+1;/p-1. The van der Waals surface area contributed by atoms with E-state index in [0.29, 0.717) is 6.61 Å². The van der Waals surface area contributed by atoms with Crippen LogP contribution in [0.2, 0.25) is 0 Å². The summed E-state index contributed by atoms with van der Waals surface area (Å²) >= 11 is 0. The molecule has 0 saturated carbocycles. The van der Waals surface area contributed by atoms with Crippen molar-refractivity contribution in [3.8, 4) is 0 Å². The lowest BCUT2D eigenvalue weighted by Gasteiger charge is -2.01. The van der Waals surface area contributed by atoms with Crippen molar-refractivity contribution in [3.63, 3.8) is 0 Å². The highest BCUT2D eigenvalue weighted by molar-refractivity contribution is 5.67. The van der Waals surface area contributed by atoms with Crippen LogP contribution in [-0.2, 0) is 22.5 Å². The number of halogens is 1. The lowest BCUT2D eigenvalue weighted by Crippen LogP contribution is -3.00. The predicted octanol–water partition coefficient (Wildman–Crippen LogP) is -0.868. The average molecular weight is 336 g/mol. The number of nitrogens with zero attached hydrogens (tertiary/aromatic N) is 1. The van der Waals surface area contributed by atoms with E-state index in [0.717, 1.165) is 6.42 Å². The summed E-state index contributed by atoms with van der Waals surface area (Å²) < 4.78 is 6.74. The second-order valence-corrected chi connectivity index (χ2v) is 4.35. The second-order valence-electron chi connectivity index (χ2n) is 4.35. The van der Waals surface area contributed by atoms with Crippen molar-refractivity contribution >= 4 is 5.97 Å². The van der Waals surface area contributed by atoms with Crippen LogP contribution in [0.15, 0.2) is 54.9 Å². The predicted molar refractivity (Wildman–Crippen MR) is 72.5 cm³/mol. The third-order valence-electron chi connectivity index (χ3n) is 2.83. The van der Waals surface area contributed by atoms with Crippen LogP contribution in [0.5, 0.6) is 0 Å². The largest absolute Gasteiger partial charge is 1.00 e. The second kappa shape index (κ2) is 8.48. The first-order valence-corrected chi connectivity index (χ1v) is 6.45. The van der Waals surface area contributed by atoms with E-state index in [9.17, 15) is 4.79 Å². The first-order valence-electron chi connectivity index (χ1n) is 6.45. The summed E-state index contributed by atoms with van der Waals surface area (Å²) in [5.41, 5.74) is 2.51. The molecule has 0 bridgehead atoms. The minimum absolute atomic E-state index is 0. The highest BCUT2D eigenvalue weighted by atomic mass is 79.9. The van der Waals surface area contributed by atoms with Gasteiger partial charge in [-0.15, -0.1) is 0 Å². The molecular formula is C16H18BrNO2. The molecule has 106 valence electrons. The van der Waals surface area contributed by atoms with Crippen LogP contribution >= 0.6 is 0 Å². The van der Waals surface area contributed by atoms with Crippen molar-refractivity contribution in [2.75, 3.05) is 6.61 Å². The van der Waals surface area contributed by atoms with Crippen LogP contribution in [-0.4, -0.2) is 12.6 Å². The molecule has 0 amide bonds. The van der Waals surface area contributed by atoms with Crippen LogP contribution in [0.4, 0.5) is 0 Å². The Balaban J connectivity index is 0.00000200. The van der Waals surface area contributed by atoms with Gasteiger partial charge in [0.25, 0.3) is 0 Å². The third-order valence-corrected chi connectivity index (χ3v) is 2.83. The molecule has 0 aliphatic carbocycles. The fourth-order valence-electron chi connectivity index (χ4n) is 1.90. The number of pyridine rings is 1. The summed E-state index contributed by atoms with van der Waals surface area (Å²) in [5.74, 6) is -0.205. The van der Waals surface area contributed by atoms with E-state index < -0.39 is 0 Å². The Labute approximate surface area is 130 Å². The van der Waals surface area contributed by atoms with E-state index in [-0.39, 0.29) is 29.5 Å². The molecular weight excluding hydrogens is 318 g/mol. The molecule has 0 aliphatic rings. The smallest absolute Gasteiger partial charge is 0.372 e. The number of benzene rings is 1. The Morgan fingerprint density at radius 3 is 2.25 bits per heavy atom. The molecule has 0 fully saturated rings. The number of esters is 1. The molecule has 0 saturated heterocycles. The molecule has 4 heteroatoms. The van der Waals surface area contributed by atoms with Gasteiger partial charge in [0, 0.05) is 12.1 Å². The quantitative estimate of drug-likeness (QED) is 0.525. The number of hydrogen-bond donors (Lipinski definition) is 0. The molecule has 1 heterocycles. The fourth-order valence-corrected chi connectivity index (χ4v) is 1.90. The lowest BCUT2D eigenvalue weighted by atomic mass is 10.1. The highest BCUT2D eigenvalue weighted by Gasteiger charge is 2.09. The minimum Gasteiger partial charge on any atom is -1.00 e. The average Bonchev–Trinajstić information content (AvgIpc) is 2.42. The third kappa shape index (κ3) is 5.13. The van der Waals surface area contributed by atoms with E-state index in [1.54, 1.807) is 0 Å². The number of carbonyl (C=O) groups excluding carboxylic acids is 1. The van der Waals surface area contributed by atoms with Gasteiger partial charge in [-0.25, -0.2) is 4.79 Å². The van der Waals surface area contributed by atoms with Crippen molar-refractivity contribution in [1.29, 1.82) is 0 Å². The SMILES string of the molecule is CCOC(=O)C[n+]1ccc(Cc2ccccc2)cc1.[Br-]. The van der Waals surface area contributed by atoms with E-state index in [1.807, 2.05) is 54.2 Å². The van der Waals surface area contributed by atoms with Gasteiger partial charge in [-0.2, -0.15) is 4.57 Å². The number of rotatable bonds is 5. The Morgan fingerprint density at radius 2 is 1.65 bits per heavy atom. The van der Waals surface area contributed by atoms with Gasteiger partial charge < -0.3 is 21.7 Å². The van der Waals surface area contributed by atoms with Crippen LogP contribution in [0, 0.1) is 0 Å². The van der Waals surface area contributed by atoms with Crippen molar-refractivity contribution < 1.29 is 31.1 Å². The number of ether oxygens (including phenoxy) is 1. The highest BCUT2D eigenvalue weighted by Crippen LogP contribution is 2.07. The Kier molecular flexibility index (Phi) is 6.94. The molecule has 0 spiro atoms. The zero-order valence-corrected chi connectivity index (χ0v) is 13.0. The first-order chi connectivity index (χ1) is 9.28. The summed E-state index contributed by atoms with van der Waals surface area (Å²) in [6, 6.07) is 14.4. The summed E-state index contributed by atoms with van der Waals surface area (Å²) in [5, 5.41) is 0. The molecule has 0 unspecified atom stereocenters. The van der Waals surface area contributed by atoms with Gasteiger partial charge in [0.2, 0.25) is 6.54 Å². The molecule has 0 N–H and O–H groups in total. The van der Waals surface area contributed by atoms with Crippen LogP contribution in [0.1, 0.15) is 18.1 Å². The van der Waals surface area contributed by atoms with Gasteiger partial charge in [0.05, 0.1) is 6.61 Å². The summed E-state index contributed by atoms with van der Waals surface area (Å²) in [6.45, 7) is 2.50. The van der Waals surface area contributed by atoms with Gasteiger partial charge in [0.15, 0.2) is 12.4 Å². The Bertz CT molecular complexity index is 526. The molecule has 2 rings (SSSR count). The molecule has 0 radical (unpaired) electrons. The monoisotopic (exact) mass is 335 g/mol. The maximum atomic E-state index is 11.3. The minimum atomic E-state index is -0.205. The first kappa shape index (κ1) is 16.4. The molecule has 2 aromatic rings. The number of carbonyl (C=O) groups is 1. The number of hydrogen-bond acceptors (Lipinski definition) is 2. The summed E-state index contributed by atoms with van der Waals surface area (Å²) in [4.78, 5) is 11.3. The fraction of sp³-hybridized carbons (Fsp3) is 0.250. The van der Waals surface area contributed by atoms with Crippen LogP contribution in [0.3, 0.4) is 0 Å². The number of aromatic nitrogens is 1. The molecule has 1 aromatic heterocycles. The van der Waals surface area contributed by atoms with Gasteiger partial charge in [-0.3, -0.25) is 0 Å². The van der Waals surface area contributed by atoms with Gasteiger partial charge >= 0.3 is 5.97 Å². The van der Waals surface area contributed by atoms with E-state index in [4.69, 9.17) is 4.74 Å². The van der Waals surface area contributed by atoms with Crippen molar-refractivity contribution in [2.45, 2.75) is 19.9 Å². The van der Waals surface area contributed by atoms with Gasteiger partial charge in [0.1, 0.15) is 0 Å². The Morgan fingerprint density at radius 1 is 1.05 bits per heavy atom. The zero-order chi connectivity index (χ0) is 13.5. The summed E-state index contributed by atoms with van der Waals surface area (Å²) in [7, 11) is 0. The normalized spacial score (nSPS) is 9.65. The molecule has 0 aliphatic heterocycles. The van der Waals surface area contributed by atoms with Crippen molar-refractivity contribution in [2.24, 2.45) is 0 Å². The van der Waals surface area contributed by atoms with Crippen LogP contribution < -0.4 is 21.5 Å². The van der Waals surface area contributed by atoms with Gasteiger partial charge in [-0.05, 0) is 24.5 Å². The summed E-state index contributed by atoms with van der Waals surface area (Å²) in [6.07, 6.45) is 4.73. The van der Waals surface area contributed by atoms with Crippen molar-refractivity contribution in [1.82, 2.24) is 0 Å². The maximum Gasteiger partial charge on any atom is 0.372 e. The van der Waals surface area contributed by atoms with Crippen molar-refractivity contribution in [3.05, 3.63) is 66.0 Å². The van der Waals surface area contributed by atoms with E-state index in [2.05, 4.69) is 12.1 Å². The van der Waals surface area contributed by atoms with Crippen LogP contribution in [0.25, 0.3) is 0 Å². The van der Waals surface area contributed by atoms with E-state index >= 15 is 0 Å².